The van der Waals surface area contributed by atoms with Crippen LogP contribution < -0.4 is 10.6 Å². The Morgan fingerprint density at radius 2 is 2.08 bits per heavy atom. The van der Waals surface area contributed by atoms with Crippen LogP contribution in [0.25, 0.3) is 0 Å². The lowest BCUT2D eigenvalue weighted by atomic mass is 9.89. The quantitative estimate of drug-likeness (QED) is 0.830. The number of hydrogen-bond donors (Lipinski definition) is 2. The van der Waals surface area contributed by atoms with Gasteiger partial charge in [-0.25, -0.2) is 4.79 Å². The van der Waals surface area contributed by atoms with Crippen LogP contribution in [0.5, 0.6) is 0 Å². The highest BCUT2D eigenvalue weighted by Crippen LogP contribution is 2.27. The lowest BCUT2D eigenvalue weighted by molar-refractivity contribution is 0.0951. The van der Waals surface area contributed by atoms with Gasteiger partial charge >= 0.3 is 6.03 Å². The molecule has 1 aliphatic rings. The standard InChI is InChI=1S/C20H31N3O2/c1-4-21-20(25)23-12-6-9-18(14-23)16-7-5-8-17(13-16)19(24)22-11-10-15(2)3/h5,7-8,13,15,18H,4,6,9-12,14H2,1-3H3,(H,21,25)(H,22,24)/t18-/m1/s1. The number of benzene rings is 1. The van der Waals surface area contributed by atoms with Crippen molar-refractivity contribution in [3.05, 3.63) is 35.4 Å². The molecule has 0 aromatic heterocycles. The summed E-state index contributed by atoms with van der Waals surface area (Å²) >= 11 is 0. The Hall–Kier alpha value is -2.04. The van der Waals surface area contributed by atoms with E-state index in [0.717, 1.165) is 31.4 Å². The number of nitrogens with one attached hydrogen (secondary N) is 2. The van der Waals surface area contributed by atoms with Crippen LogP contribution in [0.2, 0.25) is 0 Å². The average Bonchev–Trinajstić information content (AvgIpc) is 2.62. The monoisotopic (exact) mass is 345 g/mol. The predicted octanol–water partition coefficient (Wildman–Crippen LogP) is 3.37. The van der Waals surface area contributed by atoms with Crippen LogP contribution in [0, 0.1) is 5.92 Å². The molecule has 1 aromatic rings. The van der Waals surface area contributed by atoms with E-state index in [9.17, 15) is 9.59 Å². The van der Waals surface area contributed by atoms with Gasteiger partial charge in [-0.1, -0.05) is 26.0 Å². The maximum absolute atomic E-state index is 12.3. The van der Waals surface area contributed by atoms with Crippen LogP contribution >= 0.6 is 0 Å². The molecule has 1 heterocycles. The fourth-order valence-corrected chi connectivity index (χ4v) is 3.21. The molecule has 2 N–H and O–H groups in total. The van der Waals surface area contributed by atoms with Gasteiger partial charge in [-0.05, 0) is 49.8 Å². The summed E-state index contributed by atoms with van der Waals surface area (Å²) in [4.78, 5) is 26.3. The minimum Gasteiger partial charge on any atom is -0.352 e. The second kappa shape index (κ2) is 9.44. The molecule has 1 aliphatic heterocycles. The van der Waals surface area contributed by atoms with Crippen molar-refractivity contribution in [2.75, 3.05) is 26.2 Å². The van der Waals surface area contributed by atoms with Crippen LogP contribution in [0.1, 0.15) is 61.9 Å². The van der Waals surface area contributed by atoms with Gasteiger partial charge in [0, 0.05) is 37.7 Å². The molecular weight excluding hydrogens is 314 g/mol. The van der Waals surface area contributed by atoms with E-state index in [2.05, 4.69) is 30.5 Å². The van der Waals surface area contributed by atoms with E-state index in [-0.39, 0.29) is 11.9 Å². The Labute approximate surface area is 151 Å². The van der Waals surface area contributed by atoms with Gasteiger partial charge in [0.05, 0.1) is 0 Å². The molecule has 1 saturated heterocycles. The summed E-state index contributed by atoms with van der Waals surface area (Å²) in [6.07, 6.45) is 3.02. The Kier molecular flexibility index (Phi) is 7.29. The molecule has 2 rings (SSSR count). The summed E-state index contributed by atoms with van der Waals surface area (Å²) in [5.74, 6) is 0.854. The SMILES string of the molecule is CCNC(=O)N1CCC[C@@H](c2cccc(C(=O)NCCC(C)C)c2)C1. The summed E-state index contributed by atoms with van der Waals surface area (Å²) < 4.78 is 0. The molecule has 0 aliphatic carbocycles. The molecule has 25 heavy (non-hydrogen) atoms. The van der Waals surface area contributed by atoms with E-state index in [1.165, 1.54) is 0 Å². The van der Waals surface area contributed by atoms with Crippen molar-refractivity contribution in [3.8, 4) is 0 Å². The predicted molar refractivity (Wildman–Crippen MR) is 101 cm³/mol. The Morgan fingerprint density at radius 1 is 1.28 bits per heavy atom. The number of rotatable bonds is 6. The van der Waals surface area contributed by atoms with Gasteiger partial charge in [0.25, 0.3) is 5.91 Å². The van der Waals surface area contributed by atoms with E-state index >= 15 is 0 Å². The molecule has 5 heteroatoms. The Morgan fingerprint density at radius 3 is 2.80 bits per heavy atom. The van der Waals surface area contributed by atoms with Crippen molar-refractivity contribution < 1.29 is 9.59 Å². The molecule has 1 fully saturated rings. The fourth-order valence-electron chi connectivity index (χ4n) is 3.21. The number of nitrogens with zero attached hydrogens (tertiary/aromatic N) is 1. The van der Waals surface area contributed by atoms with Gasteiger partial charge < -0.3 is 15.5 Å². The lowest BCUT2D eigenvalue weighted by Crippen LogP contribution is -2.44. The molecule has 138 valence electrons. The largest absolute Gasteiger partial charge is 0.352 e. The fraction of sp³-hybridized carbons (Fsp3) is 0.600. The molecule has 0 saturated carbocycles. The van der Waals surface area contributed by atoms with Crippen molar-refractivity contribution >= 4 is 11.9 Å². The number of hydrogen-bond acceptors (Lipinski definition) is 2. The van der Waals surface area contributed by atoms with E-state index in [4.69, 9.17) is 0 Å². The molecule has 1 atom stereocenters. The minimum absolute atomic E-state index is 0.00906. The first-order valence-electron chi connectivity index (χ1n) is 9.42. The third-order valence-corrected chi connectivity index (χ3v) is 4.66. The molecule has 0 spiro atoms. The van der Waals surface area contributed by atoms with E-state index in [0.29, 0.717) is 37.0 Å². The second-order valence-electron chi connectivity index (χ2n) is 7.18. The third-order valence-electron chi connectivity index (χ3n) is 4.66. The topological polar surface area (TPSA) is 61.4 Å². The zero-order chi connectivity index (χ0) is 18.2. The molecule has 0 radical (unpaired) electrons. The van der Waals surface area contributed by atoms with Crippen LogP contribution in [0.4, 0.5) is 4.79 Å². The van der Waals surface area contributed by atoms with Crippen molar-refractivity contribution in [1.29, 1.82) is 0 Å². The van der Waals surface area contributed by atoms with Crippen molar-refractivity contribution in [3.63, 3.8) is 0 Å². The zero-order valence-corrected chi connectivity index (χ0v) is 15.7. The van der Waals surface area contributed by atoms with E-state index in [1.807, 2.05) is 30.0 Å². The maximum Gasteiger partial charge on any atom is 0.317 e. The maximum atomic E-state index is 12.3. The smallest absolute Gasteiger partial charge is 0.317 e. The Bertz CT molecular complexity index is 586. The van der Waals surface area contributed by atoms with Gasteiger partial charge in [-0.2, -0.15) is 0 Å². The third kappa shape index (κ3) is 5.76. The highest BCUT2D eigenvalue weighted by atomic mass is 16.2. The summed E-state index contributed by atoms with van der Waals surface area (Å²) in [7, 11) is 0. The summed E-state index contributed by atoms with van der Waals surface area (Å²) in [6, 6.07) is 7.86. The molecule has 0 unspecified atom stereocenters. The molecule has 5 nitrogen and oxygen atoms in total. The summed E-state index contributed by atoms with van der Waals surface area (Å²) in [6.45, 7) is 9.09. The normalized spacial score (nSPS) is 17.4. The lowest BCUT2D eigenvalue weighted by Gasteiger charge is -2.33. The first-order chi connectivity index (χ1) is 12.0. The first-order valence-corrected chi connectivity index (χ1v) is 9.42. The van der Waals surface area contributed by atoms with E-state index < -0.39 is 0 Å². The van der Waals surface area contributed by atoms with Crippen LogP contribution in [0.3, 0.4) is 0 Å². The van der Waals surface area contributed by atoms with Gasteiger partial charge in [-0.15, -0.1) is 0 Å². The van der Waals surface area contributed by atoms with Gasteiger partial charge in [-0.3, -0.25) is 4.79 Å². The molecule has 1 aromatic carbocycles. The first kappa shape index (κ1) is 19.3. The molecule has 3 amide bonds. The number of piperidine rings is 1. The molecule has 0 bridgehead atoms. The zero-order valence-electron chi connectivity index (χ0n) is 15.7. The van der Waals surface area contributed by atoms with Crippen molar-refractivity contribution in [2.24, 2.45) is 5.92 Å². The van der Waals surface area contributed by atoms with Crippen molar-refractivity contribution in [2.45, 2.75) is 46.0 Å². The number of carbonyl (C=O) groups excluding carboxylic acids is 2. The highest BCUT2D eigenvalue weighted by Gasteiger charge is 2.24. The van der Waals surface area contributed by atoms with Crippen LogP contribution in [0.15, 0.2) is 24.3 Å². The average molecular weight is 345 g/mol. The summed E-state index contributed by atoms with van der Waals surface area (Å²) in [5, 5.41) is 5.86. The van der Waals surface area contributed by atoms with Crippen molar-refractivity contribution in [1.82, 2.24) is 15.5 Å². The second-order valence-corrected chi connectivity index (χ2v) is 7.18. The van der Waals surface area contributed by atoms with Crippen LogP contribution in [-0.2, 0) is 0 Å². The number of urea groups is 1. The van der Waals surface area contributed by atoms with Crippen LogP contribution in [-0.4, -0.2) is 43.0 Å². The number of amides is 3. The molecular formula is C20H31N3O2. The van der Waals surface area contributed by atoms with Gasteiger partial charge in [0.15, 0.2) is 0 Å². The summed E-state index contributed by atoms with van der Waals surface area (Å²) in [5.41, 5.74) is 1.85. The Balaban J connectivity index is 2.00. The van der Waals surface area contributed by atoms with Gasteiger partial charge in [0.1, 0.15) is 0 Å². The van der Waals surface area contributed by atoms with Gasteiger partial charge in [0.2, 0.25) is 0 Å². The highest BCUT2D eigenvalue weighted by molar-refractivity contribution is 5.94. The number of carbonyl (C=O) groups is 2. The van der Waals surface area contributed by atoms with E-state index in [1.54, 1.807) is 0 Å². The minimum atomic E-state index is -0.0149. The number of likely N-dealkylation sites (tertiary alicyclic amines) is 1.